The lowest BCUT2D eigenvalue weighted by Crippen LogP contribution is -2.23. The summed E-state index contributed by atoms with van der Waals surface area (Å²) < 4.78 is 1.85. The molecule has 1 amide bonds. The number of anilines is 1. The van der Waals surface area contributed by atoms with Crippen LogP contribution in [-0.2, 0) is 4.79 Å². The van der Waals surface area contributed by atoms with Crippen molar-refractivity contribution >= 4 is 29.1 Å². The Morgan fingerprint density at radius 2 is 2.08 bits per heavy atom. The SMILES string of the molecule is CC(=O)c1cccc(NC(=O)C(C)Sc2nnnn2C2CCCC2)c1. The quantitative estimate of drug-likeness (QED) is 0.629. The van der Waals surface area contributed by atoms with E-state index in [-0.39, 0.29) is 16.9 Å². The minimum atomic E-state index is -0.355. The Kier molecular flexibility index (Phi) is 5.47. The predicted molar refractivity (Wildman–Crippen MR) is 95.7 cm³/mol. The average molecular weight is 359 g/mol. The minimum absolute atomic E-state index is 0.0331. The molecule has 1 heterocycles. The lowest BCUT2D eigenvalue weighted by atomic mass is 10.1. The van der Waals surface area contributed by atoms with E-state index < -0.39 is 0 Å². The third-order valence-corrected chi connectivity index (χ3v) is 5.37. The zero-order chi connectivity index (χ0) is 17.8. The van der Waals surface area contributed by atoms with Crippen LogP contribution in [0.5, 0.6) is 0 Å². The molecule has 0 spiro atoms. The molecule has 0 radical (unpaired) electrons. The molecule has 1 aliphatic rings. The van der Waals surface area contributed by atoms with Crippen molar-refractivity contribution < 1.29 is 9.59 Å². The van der Waals surface area contributed by atoms with Gasteiger partial charge in [-0.2, -0.15) is 0 Å². The number of Topliss-reactive ketones (excluding diaryl/α,β-unsaturated/α-hetero) is 1. The Labute approximate surface area is 150 Å². The van der Waals surface area contributed by atoms with Crippen molar-refractivity contribution in [3.05, 3.63) is 29.8 Å². The number of nitrogens with one attached hydrogen (secondary N) is 1. The van der Waals surface area contributed by atoms with Crippen LogP contribution in [0.3, 0.4) is 0 Å². The van der Waals surface area contributed by atoms with Gasteiger partial charge in [0.1, 0.15) is 0 Å². The second kappa shape index (κ2) is 7.77. The highest BCUT2D eigenvalue weighted by Crippen LogP contribution is 2.32. The topological polar surface area (TPSA) is 89.8 Å². The molecule has 1 N–H and O–H groups in total. The van der Waals surface area contributed by atoms with Gasteiger partial charge in [0.2, 0.25) is 11.1 Å². The molecular formula is C17H21N5O2S. The maximum Gasteiger partial charge on any atom is 0.237 e. The zero-order valence-corrected chi connectivity index (χ0v) is 15.1. The highest BCUT2D eigenvalue weighted by Gasteiger charge is 2.24. The minimum Gasteiger partial charge on any atom is -0.325 e. The first-order valence-electron chi connectivity index (χ1n) is 8.41. The average Bonchev–Trinajstić information content (AvgIpc) is 3.26. The Morgan fingerprint density at radius 1 is 1.32 bits per heavy atom. The largest absolute Gasteiger partial charge is 0.325 e. The molecule has 1 saturated carbocycles. The number of benzene rings is 1. The number of hydrogen-bond acceptors (Lipinski definition) is 6. The van der Waals surface area contributed by atoms with Gasteiger partial charge >= 0.3 is 0 Å². The molecule has 0 bridgehead atoms. The molecule has 1 unspecified atom stereocenters. The molecule has 7 nitrogen and oxygen atoms in total. The van der Waals surface area contributed by atoms with Crippen LogP contribution in [0.15, 0.2) is 29.4 Å². The summed E-state index contributed by atoms with van der Waals surface area (Å²) in [5, 5.41) is 15.1. The molecule has 0 aliphatic heterocycles. The first-order chi connectivity index (χ1) is 12.0. The standard InChI is InChI=1S/C17H21N5O2S/c1-11(23)13-6-5-7-14(10-13)18-16(24)12(2)25-17-19-20-21-22(17)15-8-3-4-9-15/h5-7,10,12,15H,3-4,8-9H2,1-2H3,(H,18,24). The van der Waals surface area contributed by atoms with Gasteiger partial charge in [-0.1, -0.05) is 36.7 Å². The van der Waals surface area contributed by atoms with Crippen molar-refractivity contribution in [2.75, 3.05) is 5.32 Å². The number of amides is 1. The number of nitrogens with zero attached hydrogens (tertiary/aromatic N) is 4. The molecule has 1 fully saturated rings. The van der Waals surface area contributed by atoms with Crippen molar-refractivity contribution in [3.63, 3.8) is 0 Å². The maximum absolute atomic E-state index is 12.5. The van der Waals surface area contributed by atoms with Crippen molar-refractivity contribution in [1.82, 2.24) is 20.2 Å². The Morgan fingerprint density at radius 3 is 2.80 bits per heavy atom. The normalized spacial score (nSPS) is 15.9. The van der Waals surface area contributed by atoms with Crippen LogP contribution in [-0.4, -0.2) is 37.1 Å². The van der Waals surface area contributed by atoms with E-state index in [1.807, 2.05) is 11.6 Å². The van der Waals surface area contributed by atoms with Gasteiger partial charge in [0.25, 0.3) is 0 Å². The number of ketones is 1. The number of hydrogen-bond donors (Lipinski definition) is 1. The Bertz CT molecular complexity index is 770. The van der Waals surface area contributed by atoms with Crippen molar-refractivity contribution in [2.24, 2.45) is 0 Å². The highest BCUT2D eigenvalue weighted by molar-refractivity contribution is 8.00. The van der Waals surface area contributed by atoms with Crippen LogP contribution < -0.4 is 5.32 Å². The predicted octanol–water partition coefficient (Wildman–Crippen LogP) is 3.11. The van der Waals surface area contributed by atoms with Gasteiger partial charge in [-0.25, -0.2) is 4.68 Å². The summed E-state index contributed by atoms with van der Waals surface area (Å²) in [6.07, 6.45) is 4.54. The molecule has 1 atom stereocenters. The maximum atomic E-state index is 12.5. The molecule has 0 saturated heterocycles. The van der Waals surface area contributed by atoms with E-state index in [1.165, 1.54) is 31.5 Å². The van der Waals surface area contributed by atoms with Crippen LogP contribution in [0, 0.1) is 0 Å². The number of aromatic nitrogens is 4. The van der Waals surface area contributed by atoms with E-state index in [2.05, 4.69) is 20.8 Å². The van der Waals surface area contributed by atoms with Crippen LogP contribution in [0.25, 0.3) is 0 Å². The van der Waals surface area contributed by atoms with Gasteiger partial charge in [-0.15, -0.1) is 5.10 Å². The van der Waals surface area contributed by atoms with E-state index in [4.69, 9.17) is 0 Å². The summed E-state index contributed by atoms with van der Waals surface area (Å²) in [4.78, 5) is 23.9. The highest BCUT2D eigenvalue weighted by atomic mass is 32.2. The first kappa shape index (κ1) is 17.6. The Balaban J connectivity index is 1.64. The number of rotatable bonds is 6. The van der Waals surface area contributed by atoms with Gasteiger partial charge in [-0.05, 0) is 49.2 Å². The third-order valence-electron chi connectivity index (χ3n) is 4.32. The molecule has 2 aromatic rings. The van der Waals surface area contributed by atoms with Crippen molar-refractivity contribution in [1.29, 1.82) is 0 Å². The summed E-state index contributed by atoms with van der Waals surface area (Å²) >= 11 is 1.35. The van der Waals surface area contributed by atoms with Crippen molar-refractivity contribution in [3.8, 4) is 0 Å². The molecule has 1 aromatic carbocycles. The van der Waals surface area contributed by atoms with Gasteiger partial charge in [0, 0.05) is 11.3 Å². The first-order valence-corrected chi connectivity index (χ1v) is 9.29. The van der Waals surface area contributed by atoms with Crippen LogP contribution in [0.2, 0.25) is 0 Å². The van der Waals surface area contributed by atoms with Crippen LogP contribution >= 0.6 is 11.8 Å². The fourth-order valence-corrected chi connectivity index (χ4v) is 3.77. The zero-order valence-electron chi connectivity index (χ0n) is 14.3. The lowest BCUT2D eigenvalue weighted by Gasteiger charge is -2.14. The summed E-state index contributed by atoms with van der Waals surface area (Å²) in [6, 6.07) is 7.27. The molecule has 1 aromatic heterocycles. The Hall–Kier alpha value is -2.22. The lowest BCUT2D eigenvalue weighted by molar-refractivity contribution is -0.115. The van der Waals surface area contributed by atoms with E-state index in [9.17, 15) is 9.59 Å². The van der Waals surface area contributed by atoms with Gasteiger partial charge in [0.05, 0.1) is 11.3 Å². The van der Waals surface area contributed by atoms with E-state index in [0.29, 0.717) is 22.4 Å². The molecule has 1 aliphatic carbocycles. The smallest absolute Gasteiger partial charge is 0.237 e. The summed E-state index contributed by atoms with van der Waals surface area (Å²) in [5.74, 6) is -0.180. The second-order valence-electron chi connectivity index (χ2n) is 6.23. The van der Waals surface area contributed by atoms with Gasteiger partial charge in [-0.3, -0.25) is 9.59 Å². The molecule has 8 heteroatoms. The molecule has 132 valence electrons. The fraction of sp³-hybridized carbons (Fsp3) is 0.471. The summed E-state index contributed by atoms with van der Waals surface area (Å²) in [5.41, 5.74) is 1.18. The van der Waals surface area contributed by atoms with Crippen molar-refractivity contribution in [2.45, 2.75) is 56.0 Å². The summed E-state index contributed by atoms with van der Waals surface area (Å²) in [6.45, 7) is 3.32. The van der Waals surface area contributed by atoms with Crippen LogP contribution in [0.1, 0.15) is 55.9 Å². The molecule has 3 rings (SSSR count). The monoisotopic (exact) mass is 359 g/mol. The van der Waals surface area contributed by atoms with Crippen LogP contribution in [0.4, 0.5) is 5.69 Å². The summed E-state index contributed by atoms with van der Waals surface area (Å²) in [7, 11) is 0. The van der Waals surface area contributed by atoms with E-state index >= 15 is 0 Å². The number of tetrazole rings is 1. The fourth-order valence-electron chi connectivity index (χ4n) is 2.91. The second-order valence-corrected chi connectivity index (χ2v) is 7.54. The number of thioether (sulfide) groups is 1. The van der Waals surface area contributed by atoms with E-state index in [1.54, 1.807) is 24.3 Å². The van der Waals surface area contributed by atoms with Gasteiger partial charge < -0.3 is 5.32 Å². The van der Waals surface area contributed by atoms with Gasteiger partial charge in [0.15, 0.2) is 5.78 Å². The number of carbonyl (C=O) groups excluding carboxylic acids is 2. The number of carbonyl (C=O) groups is 2. The molecule has 25 heavy (non-hydrogen) atoms. The third kappa shape index (κ3) is 4.25. The molecular weight excluding hydrogens is 338 g/mol. The van der Waals surface area contributed by atoms with E-state index in [0.717, 1.165) is 12.8 Å².